The van der Waals surface area contributed by atoms with Gasteiger partial charge >= 0.3 is 0 Å². The largest absolute Gasteiger partial charge is 0.497 e. The highest BCUT2D eigenvalue weighted by Gasteiger charge is 2.12. The van der Waals surface area contributed by atoms with Crippen LogP contribution in [0.4, 0.5) is 4.39 Å². The van der Waals surface area contributed by atoms with E-state index in [0.717, 1.165) is 20.9 Å². The zero-order chi connectivity index (χ0) is 18.8. The van der Waals surface area contributed by atoms with Crippen molar-refractivity contribution in [1.82, 2.24) is 9.78 Å². The number of halogens is 2. The molecule has 1 aromatic heterocycles. The van der Waals surface area contributed by atoms with Crippen molar-refractivity contribution in [2.24, 2.45) is 0 Å². The van der Waals surface area contributed by atoms with Crippen LogP contribution in [0.1, 0.15) is 5.56 Å². The van der Waals surface area contributed by atoms with Crippen LogP contribution in [0.25, 0.3) is 16.6 Å². The SMILES string of the molecule is COc1cc(Br)c2cnn(-c3ccc(OCc4ccccc4)c(F)c3)c2c1. The summed E-state index contributed by atoms with van der Waals surface area (Å²) >= 11 is 3.52. The highest BCUT2D eigenvalue weighted by molar-refractivity contribution is 9.10. The first-order valence-electron chi connectivity index (χ1n) is 8.33. The maximum absolute atomic E-state index is 14.6. The zero-order valence-electron chi connectivity index (χ0n) is 14.5. The number of aromatic nitrogens is 2. The van der Waals surface area contributed by atoms with E-state index < -0.39 is 5.82 Å². The van der Waals surface area contributed by atoms with Gasteiger partial charge in [-0.1, -0.05) is 30.3 Å². The molecule has 27 heavy (non-hydrogen) atoms. The standard InChI is InChI=1S/C21H16BrFN2O2/c1-26-16-10-18(22)17-12-24-25(20(17)11-16)15-7-8-21(19(23)9-15)27-13-14-5-3-2-4-6-14/h2-12H,13H2,1H3. The maximum Gasteiger partial charge on any atom is 0.167 e. The van der Waals surface area contributed by atoms with Gasteiger partial charge in [-0.15, -0.1) is 0 Å². The molecule has 0 aliphatic rings. The van der Waals surface area contributed by atoms with Crippen LogP contribution in [-0.2, 0) is 6.61 Å². The van der Waals surface area contributed by atoms with Gasteiger partial charge in [-0.05, 0) is 39.7 Å². The monoisotopic (exact) mass is 426 g/mol. The molecular weight excluding hydrogens is 411 g/mol. The Bertz CT molecular complexity index is 1100. The Hall–Kier alpha value is -2.86. The molecule has 6 heteroatoms. The van der Waals surface area contributed by atoms with Gasteiger partial charge in [-0.25, -0.2) is 9.07 Å². The smallest absolute Gasteiger partial charge is 0.167 e. The molecule has 0 atom stereocenters. The Labute approximate surface area is 164 Å². The van der Waals surface area contributed by atoms with Crippen molar-refractivity contribution < 1.29 is 13.9 Å². The highest BCUT2D eigenvalue weighted by atomic mass is 79.9. The van der Waals surface area contributed by atoms with Crippen LogP contribution in [0.15, 0.2) is 71.3 Å². The second-order valence-corrected chi connectivity index (χ2v) is 6.84. The number of nitrogens with zero attached hydrogens (tertiary/aromatic N) is 2. The third kappa shape index (κ3) is 3.53. The fourth-order valence-corrected chi connectivity index (χ4v) is 3.39. The number of fused-ring (bicyclic) bond motifs is 1. The molecule has 0 unspecified atom stereocenters. The quantitative estimate of drug-likeness (QED) is 0.421. The van der Waals surface area contributed by atoms with Gasteiger partial charge in [0.2, 0.25) is 0 Å². The van der Waals surface area contributed by atoms with E-state index >= 15 is 0 Å². The fraction of sp³-hybridized carbons (Fsp3) is 0.0952. The van der Waals surface area contributed by atoms with Crippen LogP contribution >= 0.6 is 15.9 Å². The molecule has 0 radical (unpaired) electrons. The summed E-state index contributed by atoms with van der Waals surface area (Å²) in [5, 5.41) is 5.31. The van der Waals surface area contributed by atoms with E-state index in [-0.39, 0.29) is 5.75 Å². The van der Waals surface area contributed by atoms with Crippen molar-refractivity contribution >= 4 is 26.8 Å². The van der Waals surface area contributed by atoms with E-state index in [9.17, 15) is 4.39 Å². The van der Waals surface area contributed by atoms with Crippen molar-refractivity contribution in [3.05, 3.63) is 82.7 Å². The lowest BCUT2D eigenvalue weighted by molar-refractivity contribution is 0.290. The Balaban J connectivity index is 1.64. The van der Waals surface area contributed by atoms with E-state index in [4.69, 9.17) is 9.47 Å². The van der Waals surface area contributed by atoms with Crippen molar-refractivity contribution in [3.63, 3.8) is 0 Å². The first kappa shape index (κ1) is 17.5. The summed E-state index contributed by atoms with van der Waals surface area (Å²) in [5.41, 5.74) is 2.41. The number of rotatable bonds is 5. The minimum Gasteiger partial charge on any atom is -0.497 e. The van der Waals surface area contributed by atoms with E-state index in [0.29, 0.717) is 18.0 Å². The summed E-state index contributed by atoms with van der Waals surface area (Å²) in [6.45, 7) is 0.311. The van der Waals surface area contributed by atoms with Crippen LogP contribution in [0.2, 0.25) is 0 Å². The van der Waals surface area contributed by atoms with Gasteiger partial charge < -0.3 is 9.47 Å². The highest BCUT2D eigenvalue weighted by Crippen LogP contribution is 2.31. The predicted octanol–water partition coefficient (Wildman–Crippen LogP) is 5.51. The van der Waals surface area contributed by atoms with E-state index in [1.165, 1.54) is 6.07 Å². The van der Waals surface area contributed by atoms with Crippen molar-refractivity contribution in [2.45, 2.75) is 6.61 Å². The summed E-state index contributed by atoms with van der Waals surface area (Å²) in [6, 6.07) is 18.2. The summed E-state index contributed by atoms with van der Waals surface area (Å²) in [5.74, 6) is 0.464. The average Bonchev–Trinajstić information content (AvgIpc) is 3.12. The number of hydrogen-bond donors (Lipinski definition) is 0. The number of hydrogen-bond acceptors (Lipinski definition) is 3. The van der Waals surface area contributed by atoms with E-state index in [1.807, 2.05) is 42.5 Å². The van der Waals surface area contributed by atoms with E-state index in [1.54, 1.807) is 30.1 Å². The second-order valence-electron chi connectivity index (χ2n) is 5.99. The van der Waals surface area contributed by atoms with Crippen LogP contribution in [0, 0.1) is 5.82 Å². The van der Waals surface area contributed by atoms with Crippen LogP contribution < -0.4 is 9.47 Å². The number of ether oxygens (including phenoxy) is 2. The van der Waals surface area contributed by atoms with Gasteiger partial charge in [-0.3, -0.25) is 0 Å². The van der Waals surface area contributed by atoms with E-state index in [2.05, 4.69) is 21.0 Å². The number of benzene rings is 3. The third-order valence-electron chi connectivity index (χ3n) is 4.24. The lowest BCUT2D eigenvalue weighted by Crippen LogP contribution is -2.00. The second kappa shape index (κ2) is 7.40. The zero-order valence-corrected chi connectivity index (χ0v) is 16.1. The maximum atomic E-state index is 14.6. The molecule has 0 saturated carbocycles. The Kier molecular flexibility index (Phi) is 4.81. The van der Waals surface area contributed by atoms with Gasteiger partial charge in [0.25, 0.3) is 0 Å². The van der Waals surface area contributed by atoms with Crippen molar-refractivity contribution in [3.8, 4) is 17.2 Å². The topological polar surface area (TPSA) is 36.3 Å². The lowest BCUT2D eigenvalue weighted by atomic mass is 10.2. The molecule has 0 bridgehead atoms. The van der Waals surface area contributed by atoms with Gasteiger partial charge in [0.05, 0.1) is 24.5 Å². The molecule has 4 nitrogen and oxygen atoms in total. The first-order chi connectivity index (χ1) is 13.2. The molecule has 0 amide bonds. The molecule has 3 aromatic carbocycles. The van der Waals surface area contributed by atoms with Gasteiger partial charge in [0, 0.05) is 22.0 Å². The lowest BCUT2D eigenvalue weighted by Gasteiger charge is -2.10. The molecule has 0 aliphatic carbocycles. The summed E-state index contributed by atoms with van der Waals surface area (Å²) in [7, 11) is 1.60. The molecule has 0 aliphatic heterocycles. The Morgan fingerprint density at radius 2 is 1.89 bits per heavy atom. The third-order valence-corrected chi connectivity index (χ3v) is 4.90. The molecule has 0 spiro atoms. The molecular formula is C21H16BrFN2O2. The first-order valence-corrected chi connectivity index (χ1v) is 9.13. The average molecular weight is 427 g/mol. The summed E-state index contributed by atoms with van der Waals surface area (Å²) in [4.78, 5) is 0. The Morgan fingerprint density at radius 3 is 2.63 bits per heavy atom. The molecule has 0 fully saturated rings. The Morgan fingerprint density at radius 1 is 1.07 bits per heavy atom. The predicted molar refractivity (Wildman–Crippen MR) is 106 cm³/mol. The molecule has 4 aromatic rings. The molecule has 1 heterocycles. The fourth-order valence-electron chi connectivity index (χ4n) is 2.86. The molecule has 136 valence electrons. The van der Waals surface area contributed by atoms with Crippen LogP contribution in [0.3, 0.4) is 0 Å². The summed E-state index contributed by atoms with van der Waals surface area (Å²) < 4.78 is 28.0. The minimum absolute atomic E-state index is 0.206. The summed E-state index contributed by atoms with van der Waals surface area (Å²) in [6.07, 6.45) is 1.73. The normalized spacial score (nSPS) is 10.9. The van der Waals surface area contributed by atoms with Gasteiger partial charge in [0.1, 0.15) is 12.4 Å². The van der Waals surface area contributed by atoms with Gasteiger partial charge in [-0.2, -0.15) is 5.10 Å². The molecule has 0 N–H and O–H groups in total. The van der Waals surface area contributed by atoms with Crippen LogP contribution in [-0.4, -0.2) is 16.9 Å². The van der Waals surface area contributed by atoms with Gasteiger partial charge in [0.15, 0.2) is 11.6 Å². The van der Waals surface area contributed by atoms with Crippen molar-refractivity contribution in [2.75, 3.05) is 7.11 Å². The molecule has 0 saturated heterocycles. The van der Waals surface area contributed by atoms with Crippen LogP contribution in [0.5, 0.6) is 11.5 Å². The minimum atomic E-state index is -0.436. The molecule has 4 rings (SSSR count). The number of methoxy groups -OCH3 is 1. The van der Waals surface area contributed by atoms with Crippen molar-refractivity contribution in [1.29, 1.82) is 0 Å².